The van der Waals surface area contributed by atoms with Gasteiger partial charge in [-0.05, 0) is 31.6 Å². The van der Waals surface area contributed by atoms with Gasteiger partial charge in [-0.1, -0.05) is 407 Å². The zero-order chi connectivity index (χ0) is 76.2. The summed E-state index contributed by atoms with van der Waals surface area (Å²) in [6, 6.07) is 0. The van der Waals surface area contributed by atoms with Gasteiger partial charge in [-0.15, -0.1) is 0 Å². The molecule has 618 valence electrons. The molecule has 0 aromatic carbocycles. The molecular formula is C85H166O17P2. The number of aliphatic hydroxyl groups is 1. The summed E-state index contributed by atoms with van der Waals surface area (Å²) in [6.07, 6.45) is 71.4. The summed E-state index contributed by atoms with van der Waals surface area (Å²) < 4.78 is 68.6. The summed E-state index contributed by atoms with van der Waals surface area (Å²) in [5.74, 6) is -1.29. The fourth-order valence-corrected chi connectivity index (χ4v) is 14.9. The zero-order valence-electron chi connectivity index (χ0n) is 68.2. The highest BCUT2D eigenvalue weighted by molar-refractivity contribution is 7.47. The van der Waals surface area contributed by atoms with Crippen LogP contribution in [-0.4, -0.2) is 96.7 Å². The highest BCUT2D eigenvalue weighted by Gasteiger charge is 2.30. The Morgan fingerprint density at radius 1 is 0.260 bits per heavy atom. The van der Waals surface area contributed by atoms with Crippen LogP contribution in [0.15, 0.2) is 0 Å². The van der Waals surface area contributed by atoms with E-state index in [-0.39, 0.29) is 25.7 Å². The van der Waals surface area contributed by atoms with E-state index in [4.69, 9.17) is 37.0 Å². The van der Waals surface area contributed by atoms with Crippen molar-refractivity contribution in [3.8, 4) is 0 Å². The van der Waals surface area contributed by atoms with Gasteiger partial charge in [0.2, 0.25) is 0 Å². The molecule has 19 heteroatoms. The molecule has 0 spiro atoms. The third-order valence-electron chi connectivity index (χ3n) is 20.0. The summed E-state index contributed by atoms with van der Waals surface area (Å²) >= 11 is 0. The van der Waals surface area contributed by atoms with Crippen LogP contribution in [0.1, 0.15) is 458 Å². The molecule has 2 unspecified atom stereocenters. The van der Waals surface area contributed by atoms with Crippen molar-refractivity contribution >= 4 is 39.5 Å². The molecule has 0 fully saturated rings. The van der Waals surface area contributed by atoms with Crippen molar-refractivity contribution in [1.82, 2.24) is 0 Å². The lowest BCUT2D eigenvalue weighted by Gasteiger charge is -2.21. The molecule has 0 amide bonds. The van der Waals surface area contributed by atoms with Gasteiger partial charge in [0.25, 0.3) is 0 Å². The predicted molar refractivity (Wildman–Crippen MR) is 428 cm³/mol. The van der Waals surface area contributed by atoms with Crippen molar-refractivity contribution in [2.75, 3.05) is 39.6 Å². The Morgan fingerprint density at radius 2 is 0.442 bits per heavy atom. The van der Waals surface area contributed by atoms with E-state index in [1.54, 1.807) is 0 Å². The van der Waals surface area contributed by atoms with E-state index in [2.05, 4.69) is 34.6 Å². The lowest BCUT2D eigenvalue weighted by atomic mass is 10.0. The number of phosphoric ester groups is 2. The number of unbranched alkanes of at least 4 members (excludes halogenated alkanes) is 57. The van der Waals surface area contributed by atoms with Crippen LogP contribution in [0.2, 0.25) is 0 Å². The molecule has 17 nitrogen and oxygen atoms in total. The Morgan fingerprint density at radius 3 is 0.654 bits per heavy atom. The number of hydrogen-bond acceptors (Lipinski definition) is 15. The number of carbonyl (C=O) groups excluding carboxylic acids is 4. The molecule has 0 rings (SSSR count). The van der Waals surface area contributed by atoms with Gasteiger partial charge < -0.3 is 33.8 Å². The third kappa shape index (κ3) is 78.2. The third-order valence-corrected chi connectivity index (χ3v) is 21.9. The maximum atomic E-state index is 13.1. The van der Waals surface area contributed by atoms with Crippen molar-refractivity contribution in [3.63, 3.8) is 0 Å². The molecule has 0 aliphatic rings. The number of aliphatic hydroxyl groups excluding tert-OH is 1. The maximum Gasteiger partial charge on any atom is 0.472 e. The van der Waals surface area contributed by atoms with Gasteiger partial charge in [-0.3, -0.25) is 37.3 Å². The van der Waals surface area contributed by atoms with Gasteiger partial charge >= 0.3 is 39.5 Å². The highest BCUT2D eigenvalue weighted by Crippen LogP contribution is 2.45. The molecule has 3 N–H and O–H groups in total. The second kappa shape index (κ2) is 77.8. The quantitative estimate of drug-likeness (QED) is 0.0222. The minimum atomic E-state index is -4.96. The topological polar surface area (TPSA) is 237 Å². The fourth-order valence-electron chi connectivity index (χ4n) is 13.3. The lowest BCUT2D eigenvalue weighted by Crippen LogP contribution is -2.30. The summed E-state index contributed by atoms with van der Waals surface area (Å²) in [7, 11) is -9.91. The minimum Gasteiger partial charge on any atom is -0.462 e. The van der Waals surface area contributed by atoms with Crippen molar-refractivity contribution < 1.29 is 80.2 Å². The van der Waals surface area contributed by atoms with Gasteiger partial charge in [-0.2, -0.15) is 0 Å². The number of ether oxygens (including phenoxy) is 4. The lowest BCUT2D eigenvalue weighted by molar-refractivity contribution is -0.161. The first kappa shape index (κ1) is 102. The first-order valence-corrected chi connectivity index (χ1v) is 47.1. The average molecular weight is 1520 g/mol. The standard InChI is InChI=1S/C85H166O17P2/c1-6-9-12-15-17-19-21-23-25-27-29-30-35-38-42-46-50-54-59-64-69-83(88)96-75-81(102-85(90)71-66-61-56-52-48-44-40-36-32-31-33-37-41-45-49-53-58-62-67-78(4)5)77-100-104(93,94)98-73-79(86)72-97-103(91,92)99-76-80(74-95-82(87)68-63-57-14-11-8-3)101-84(89)70-65-60-55-51-47-43-39-34-28-26-24-22-20-18-16-13-10-7-2/h78-81,86H,6-77H2,1-5H3,(H,91,92)(H,93,94)/t79-,80+,81+/m0/s1. The molecule has 0 bridgehead atoms. The molecule has 0 aliphatic carbocycles. The largest absolute Gasteiger partial charge is 0.472 e. The molecule has 0 aromatic heterocycles. The number of esters is 4. The molecule has 0 heterocycles. The van der Waals surface area contributed by atoms with Crippen LogP contribution in [0.4, 0.5) is 0 Å². The van der Waals surface area contributed by atoms with Gasteiger partial charge in [0.1, 0.15) is 19.3 Å². The van der Waals surface area contributed by atoms with E-state index in [0.29, 0.717) is 25.7 Å². The highest BCUT2D eigenvalue weighted by atomic mass is 31.2. The molecular weight excluding hydrogens is 1350 g/mol. The van der Waals surface area contributed by atoms with Crippen LogP contribution >= 0.6 is 15.6 Å². The average Bonchev–Trinajstić information content (AvgIpc) is 0.905. The van der Waals surface area contributed by atoms with Crippen LogP contribution in [0.5, 0.6) is 0 Å². The number of phosphoric acid groups is 2. The molecule has 5 atom stereocenters. The van der Waals surface area contributed by atoms with Gasteiger partial charge in [0, 0.05) is 25.7 Å². The summed E-state index contributed by atoms with van der Waals surface area (Å²) in [5.41, 5.74) is 0. The summed E-state index contributed by atoms with van der Waals surface area (Å²) in [6.45, 7) is 7.30. The monoisotopic (exact) mass is 1520 g/mol. The van der Waals surface area contributed by atoms with Gasteiger partial charge in [0.15, 0.2) is 12.2 Å². The van der Waals surface area contributed by atoms with Crippen LogP contribution in [0.25, 0.3) is 0 Å². The SMILES string of the molecule is CCCCCCCCCCCCCCCCCCCCCCC(=O)OC[C@H](COP(=O)(O)OC[C@@H](O)COP(=O)(O)OC[C@@H](COC(=O)CCCCCCC)OC(=O)CCCCCCCCCCCCCCCCCCCC)OC(=O)CCCCCCCCCCCCCCCCCCCCC(C)C. The van der Waals surface area contributed by atoms with Crippen LogP contribution in [0.3, 0.4) is 0 Å². The Kier molecular flexibility index (Phi) is 76.3. The van der Waals surface area contributed by atoms with Crippen molar-refractivity contribution in [3.05, 3.63) is 0 Å². The second-order valence-electron chi connectivity index (χ2n) is 31.1. The van der Waals surface area contributed by atoms with Crippen molar-refractivity contribution in [2.45, 2.75) is 477 Å². The number of hydrogen-bond donors (Lipinski definition) is 3. The first-order chi connectivity index (χ1) is 50.5. The normalized spacial score (nSPS) is 13.8. The van der Waals surface area contributed by atoms with E-state index in [9.17, 15) is 43.2 Å². The summed E-state index contributed by atoms with van der Waals surface area (Å²) in [4.78, 5) is 72.9. The van der Waals surface area contributed by atoms with Crippen molar-refractivity contribution in [2.24, 2.45) is 5.92 Å². The van der Waals surface area contributed by atoms with Crippen LogP contribution in [0, 0.1) is 5.92 Å². The van der Waals surface area contributed by atoms with E-state index in [1.807, 2.05) is 0 Å². The molecule has 104 heavy (non-hydrogen) atoms. The molecule has 0 radical (unpaired) electrons. The Hall–Kier alpha value is -1.94. The Balaban J connectivity index is 5.10. The smallest absolute Gasteiger partial charge is 0.462 e. The predicted octanol–water partition coefficient (Wildman–Crippen LogP) is 26.0. The van der Waals surface area contributed by atoms with Crippen LogP contribution in [-0.2, 0) is 65.4 Å². The van der Waals surface area contributed by atoms with Gasteiger partial charge in [0.05, 0.1) is 26.4 Å². The Bertz CT molecular complexity index is 1980. The maximum absolute atomic E-state index is 13.1. The summed E-state index contributed by atoms with van der Waals surface area (Å²) in [5, 5.41) is 10.6. The second-order valence-corrected chi connectivity index (χ2v) is 34.0. The Labute approximate surface area is 638 Å². The molecule has 0 aromatic rings. The molecule has 0 aliphatic heterocycles. The van der Waals surface area contributed by atoms with E-state index < -0.39 is 97.5 Å². The number of rotatable bonds is 85. The fraction of sp³-hybridized carbons (Fsp3) is 0.953. The first-order valence-electron chi connectivity index (χ1n) is 44.1. The minimum absolute atomic E-state index is 0.108. The number of carbonyl (C=O) groups is 4. The van der Waals surface area contributed by atoms with E-state index in [0.717, 1.165) is 102 Å². The zero-order valence-corrected chi connectivity index (χ0v) is 70.0. The van der Waals surface area contributed by atoms with E-state index >= 15 is 0 Å². The van der Waals surface area contributed by atoms with Crippen molar-refractivity contribution in [1.29, 1.82) is 0 Å². The van der Waals surface area contributed by atoms with Crippen LogP contribution < -0.4 is 0 Å². The van der Waals surface area contributed by atoms with E-state index in [1.165, 1.54) is 276 Å². The molecule has 0 saturated carbocycles. The molecule has 0 saturated heterocycles. The van der Waals surface area contributed by atoms with Gasteiger partial charge in [-0.25, -0.2) is 9.13 Å².